The molecule has 1 aromatic carbocycles. The van der Waals surface area contributed by atoms with Gasteiger partial charge in [-0.15, -0.1) is 0 Å². The average molecular weight is 449 g/mol. The van der Waals surface area contributed by atoms with Gasteiger partial charge in [0.2, 0.25) is 0 Å². The molecule has 1 atom stereocenters. The lowest BCUT2D eigenvalue weighted by atomic mass is 10.1. The topological polar surface area (TPSA) is 76.6 Å². The fraction of sp³-hybridized carbons (Fsp3) is 0.333. The van der Waals surface area contributed by atoms with E-state index in [0.717, 1.165) is 36.9 Å². The predicted octanol–water partition coefficient (Wildman–Crippen LogP) is 3.62. The Morgan fingerprint density at radius 1 is 1.24 bits per heavy atom. The summed E-state index contributed by atoms with van der Waals surface area (Å²) in [6, 6.07) is 6.46. The molecule has 0 radical (unpaired) electrons. The third-order valence-electron chi connectivity index (χ3n) is 4.40. The van der Waals surface area contributed by atoms with Crippen LogP contribution in [0.3, 0.4) is 0 Å². The van der Waals surface area contributed by atoms with Crippen LogP contribution in [-0.2, 0) is 22.9 Å². The van der Waals surface area contributed by atoms with Crippen molar-refractivity contribution < 1.29 is 31.1 Å². The number of fused-ring (bicyclic) bond motifs is 1. The highest BCUT2D eigenvalue weighted by atomic mass is 35.5. The molecule has 1 amide bonds. The summed E-state index contributed by atoms with van der Waals surface area (Å²) >= 11 is 5.86. The Hall–Kier alpha value is -2.33. The van der Waals surface area contributed by atoms with Crippen LogP contribution in [0.1, 0.15) is 28.5 Å². The number of amides is 1. The molecule has 2 heterocycles. The Morgan fingerprint density at radius 3 is 2.55 bits per heavy atom. The minimum absolute atomic E-state index is 0.0894. The van der Waals surface area contributed by atoms with E-state index in [9.17, 15) is 26.4 Å². The van der Waals surface area contributed by atoms with Crippen molar-refractivity contribution in [2.75, 3.05) is 6.26 Å². The van der Waals surface area contributed by atoms with Crippen molar-refractivity contribution in [2.24, 2.45) is 0 Å². The Kier molecular flexibility index (Phi) is 5.52. The van der Waals surface area contributed by atoms with Crippen molar-refractivity contribution in [3.05, 3.63) is 52.3 Å². The van der Waals surface area contributed by atoms with E-state index in [-0.39, 0.29) is 34.5 Å². The summed E-state index contributed by atoms with van der Waals surface area (Å²) in [4.78, 5) is 18.3. The molecule has 0 fully saturated rings. The molecule has 0 bridgehead atoms. The molecule has 0 N–H and O–H groups in total. The molecule has 156 valence electrons. The molecule has 0 unspecified atom stereocenters. The molecule has 1 aliphatic rings. The number of halogens is 4. The number of benzene rings is 1. The Balaban J connectivity index is 1.98. The van der Waals surface area contributed by atoms with Gasteiger partial charge >= 0.3 is 6.18 Å². The maximum Gasteiger partial charge on any atom is 0.425 e. The van der Waals surface area contributed by atoms with Gasteiger partial charge in [-0.1, -0.05) is 17.7 Å². The largest absolute Gasteiger partial charge is 0.480 e. The zero-order valence-corrected chi connectivity index (χ0v) is 16.9. The van der Waals surface area contributed by atoms with Crippen LogP contribution in [0.25, 0.3) is 0 Å². The van der Waals surface area contributed by atoms with Gasteiger partial charge in [-0.3, -0.25) is 4.79 Å². The zero-order chi connectivity index (χ0) is 21.6. The van der Waals surface area contributed by atoms with Crippen molar-refractivity contribution in [3.8, 4) is 5.75 Å². The number of rotatable bonds is 4. The van der Waals surface area contributed by atoms with Crippen LogP contribution in [0.5, 0.6) is 5.75 Å². The van der Waals surface area contributed by atoms with Gasteiger partial charge in [0.05, 0.1) is 22.7 Å². The lowest BCUT2D eigenvalue weighted by Crippen LogP contribution is -2.32. The molecule has 3 rings (SSSR count). The summed E-state index contributed by atoms with van der Waals surface area (Å²) in [5, 5.41) is 0.250. The van der Waals surface area contributed by atoms with E-state index in [1.165, 1.54) is 4.90 Å². The number of aromatic nitrogens is 1. The van der Waals surface area contributed by atoms with E-state index < -0.39 is 28.0 Å². The fourth-order valence-corrected chi connectivity index (χ4v) is 3.62. The first-order chi connectivity index (χ1) is 13.4. The first-order valence-corrected chi connectivity index (χ1v) is 10.6. The van der Waals surface area contributed by atoms with Crippen molar-refractivity contribution in [2.45, 2.75) is 37.2 Å². The van der Waals surface area contributed by atoms with Gasteiger partial charge in [-0.05, 0) is 36.8 Å². The number of pyridine rings is 1. The van der Waals surface area contributed by atoms with Crippen LogP contribution in [0, 0.1) is 0 Å². The van der Waals surface area contributed by atoms with E-state index in [2.05, 4.69) is 4.98 Å². The number of hydrogen-bond acceptors (Lipinski definition) is 5. The predicted molar refractivity (Wildman–Crippen MR) is 98.5 cm³/mol. The summed E-state index contributed by atoms with van der Waals surface area (Å²) in [5.41, 5.74) is 1.03. The number of alkyl halides is 3. The lowest BCUT2D eigenvalue weighted by Gasteiger charge is -2.22. The summed E-state index contributed by atoms with van der Waals surface area (Å²) in [7, 11) is -3.69. The molecular weight excluding hydrogens is 433 g/mol. The van der Waals surface area contributed by atoms with Crippen molar-refractivity contribution in [3.63, 3.8) is 0 Å². The Bertz CT molecular complexity index is 1070. The first kappa shape index (κ1) is 21.4. The Morgan fingerprint density at radius 2 is 1.93 bits per heavy atom. The average Bonchev–Trinajstić information content (AvgIpc) is 3.02. The maximum atomic E-state index is 13.0. The first-order valence-electron chi connectivity index (χ1n) is 8.37. The molecule has 6 nitrogen and oxygen atoms in total. The number of carbonyl (C=O) groups excluding carboxylic acids is 1. The third kappa shape index (κ3) is 4.64. The molecule has 1 aromatic heterocycles. The molecule has 1 aliphatic heterocycles. The summed E-state index contributed by atoms with van der Waals surface area (Å²) in [5.74, 6) is -1.02. The smallest absolute Gasteiger partial charge is 0.425 e. The van der Waals surface area contributed by atoms with Gasteiger partial charge in [-0.25, -0.2) is 13.4 Å². The van der Waals surface area contributed by atoms with Crippen LogP contribution in [-0.4, -0.2) is 42.7 Å². The second-order valence-corrected chi connectivity index (χ2v) is 9.04. The van der Waals surface area contributed by atoms with E-state index >= 15 is 0 Å². The number of sulfone groups is 1. The number of nitrogens with zero attached hydrogens (tertiary/aromatic N) is 2. The summed E-state index contributed by atoms with van der Waals surface area (Å²) in [6.45, 7) is 1.05. The van der Waals surface area contributed by atoms with Gasteiger partial charge in [0.1, 0.15) is 10.9 Å². The molecule has 0 saturated heterocycles. The quantitative estimate of drug-likeness (QED) is 0.668. The standard InChI is InChI=1S/C18H16ClF3N2O4S/c1-10(18(20,21)22)28-15-5-4-12(29(2,26)27)7-13(15)17(25)24-8-11-3-6-16(19)23-14(11)9-24/h3-7,10H,8-9H2,1-2H3/t10-/m0/s1. The molecule has 11 heteroatoms. The normalized spacial score (nSPS) is 15.2. The van der Waals surface area contributed by atoms with E-state index in [1.807, 2.05) is 0 Å². The second-order valence-electron chi connectivity index (χ2n) is 6.63. The maximum absolute atomic E-state index is 13.0. The van der Waals surface area contributed by atoms with Crippen molar-refractivity contribution in [1.82, 2.24) is 9.88 Å². The summed E-state index contributed by atoms with van der Waals surface area (Å²) < 4.78 is 67.4. The highest BCUT2D eigenvalue weighted by Gasteiger charge is 2.39. The zero-order valence-electron chi connectivity index (χ0n) is 15.3. The minimum atomic E-state index is -4.65. The van der Waals surface area contributed by atoms with Crippen molar-refractivity contribution in [1.29, 1.82) is 0 Å². The third-order valence-corrected chi connectivity index (χ3v) is 5.72. The fourth-order valence-electron chi connectivity index (χ4n) is 2.81. The molecule has 2 aromatic rings. The minimum Gasteiger partial charge on any atom is -0.480 e. The molecule has 0 saturated carbocycles. The molecule has 29 heavy (non-hydrogen) atoms. The highest BCUT2D eigenvalue weighted by molar-refractivity contribution is 7.90. The van der Waals surface area contributed by atoms with Crippen LogP contribution >= 0.6 is 11.6 Å². The molecule has 0 spiro atoms. The van der Waals surface area contributed by atoms with Crippen LogP contribution in [0.4, 0.5) is 13.2 Å². The van der Waals surface area contributed by atoms with E-state index in [1.54, 1.807) is 12.1 Å². The second kappa shape index (κ2) is 7.49. The van der Waals surface area contributed by atoms with Gasteiger partial charge in [0.25, 0.3) is 5.91 Å². The SMILES string of the molecule is C[C@H](Oc1ccc(S(C)(=O)=O)cc1C(=O)N1Cc2ccc(Cl)nc2C1)C(F)(F)F. The van der Waals surface area contributed by atoms with Crippen LogP contribution in [0.2, 0.25) is 5.15 Å². The Labute approximate surface area is 170 Å². The number of carbonyl (C=O) groups is 1. The highest BCUT2D eigenvalue weighted by Crippen LogP contribution is 2.32. The molecule has 0 aliphatic carbocycles. The van der Waals surface area contributed by atoms with Gasteiger partial charge in [0.15, 0.2) is 15.9 Å². The number of hydrogen-bond donors (Lipinski definition) is 0. The lowest BCUT2D eigenvalue weighted by molar-refractivity contribution is -0.189. The van der Waals surface area contributed by atoms with E-state index in [0.29, 0.717) is 5.69 Å². The van der Waals surface area contributed by atoms with Gasteiger partial charge in [0, 0.05) is 12.8 Å². The van der Waals surface area contributed by atoms with Crippen LogP contribution in [0.15, 0.2) is 35.2 Å². The monoisotopic (exact) mass is 448 g/mol. The van der Waals surface area contributed by atoms with Gasteiger partial charge in [-0.2, -0.15) is 13.2 Å². The van der Waals surface area contributed by atoms with Gasteiger partial charge < -0.3 is 9.64 Å². The van der Waals surface area contributed by atoms with E-state index in [4.69, 9.17) is 16.3 Å². The molecular formula is C18H16ClF3N2O4S. The van der Waals surface area contributed by atoms with Crippen LogP contribution < -0.4 is 4.74 Å². The number of ether oxygens (including phenoxy) is 1. The summed E-state index contributed by atoms with van der Waals surface area (Å²) in [6.07, 6.45) is -5.90. The van der Waals surface area contributed by atoms with Crippen molar-refractivity contribution >= 4 is 27.3 Å².